The Morgan fingerprint density at radius 1 is 1.69 bits per heavy atom. The Morgan fingerprint density at radius 2 is 2.31 bits per heavy atom. The number of hydrogen-bond donors (Lipinski definition) is 2. The van der Waals surface area contributed by atoms with Crippen molar-refractivity contribution in [3.8, 4) is 6.07 Å². The average Bonchev–Trinajstić information content (AvgIpc) is 2.46. The second-order valence-electron chi connectivity index (χ2n) is 3.12. The summed E-state index contributed by atoms with van der Waals surface area (Å²) in [5.41, 5.74) is 6.48. The van der Waals surface area contributed by atoms with Crippen molar-refractivity contribution in [1.82, 2.24) is 4.98 Å². The highest BCUT2D eigenvalue weighted by atomic mass is 16.1. The lowest BCUT2D eigenvalue weighted by Gasteiger charge is -2.00. The molecular weight excluding hydrogens is 166 g/mol. The van der Waals surface area contributed by atoms with Gasteiger partial charge in [0.25, 0.3) is 5.91 Å². The molecule has 0 unspecified atom stereocenters. The van der Waals surface area contributed by atoms with Crippen LogP contribution in [-0.4, -0.2) is 10.9 Å². The summed E-state index contributed by atoms with van der Waals surface area (Å²) in [4.78, 5) is 13.6. The fourth-order valence-electron chi connectivity index (χ4n) is 1.21. The Kier molecular flexibility index (Phi) is 2.38. The van der Waals surface area contributed by atoms with E-state index in [9.17, 15) is 4.79 Å². The molecule has 0 bridgehead atoms. The Morgan fingerprint density at radius 3 is 2.69 bits per heavy atom. The summed E-state index contributed by atoms with van der Waals surface area (Å²) in [6.07, 6.45) is 1.66. The van der Waals surface area contributed by atoms with Crippen molar-refractivity contribution in [2.24, 2.45) is 5.73 Å². The van der Waals surface area contributed by atoms with Gasteiger partial charge in [-0.15, -0.1) is 0 Å². The molecule has 1 rings (SSSR count). The third-order valence-corrected chi connectivity index (χ3v) is 1.89. The minimum absolute atomic E-state index is 0.200. The number of hydrogen-bond acceptors (Lipinski definition) is 2. The first-order valence-electron chi connectivity index (χ1n) is 3.99. The molecule has 0 aliphatic carbocycles. The highest BCUT2D eigenvalue weighted by Gasteiger charge is 2.16. The molecule has 0 radical (unpaired) electrons. The molecule has 1 amide bonds. The molecule has 4 heteroatoms. The molecule has 68 valence electrons. The standard InChI is InChI=1S/C9H11N3O/c1-5(2)7-4-12-8(9(11)13)6(7)3-10/h4-5,12H,1-2H3,(H2,11,13). The molecule has 0 aliphatic heterocycles. The normalized spacial score (nSPS) is 10.0. The van der Waals surface area contributed by atoms with E-state index in [2.05, 4.69) is 4.98 Å². The van der Waals surface area contributed by atoms with Crippen LogP contribution in [0.5, 0.6) is 0 Å². The van der Waals surface area contributed by atoms with E-state index in [1.807, 2.05) is 19.9 Å². The van der Waals surface area contributed by atoms with E-state index < -0.39 is 5.91 Å². The highest BCUT2D eigenvalue weighted by molar-refractivity contribution is 5.94. The molecule has 13 heavy (non-hydrogen) atoms. The van der Waals surface area contributed by atoms with Gasteiger partial charge < -0.3 is 10.7 Å². The summed E-state index contributed by atoms with van der Waals surface area (Å²) < 4.78 is 0. The van der Waals surface area contributed by atoms with Crippen molar-refractivity contribution >= 4 is 5.91 Å². The van der Waals surface area contributed by atoms with Crippen molar-refractivity contribution in [3.05, 3.63) is 23.0 Å². The monoisotopic (exact) mass is 177 g/mol. The van der Waals surface area contributed by atoms with Crippen LogP contribution in [0.2, 0.25) is 0 Å². The molecule has 3 N–H and O–H groups in total. The van der Waals surface area contributed by atoms with E-state index >= 15 is 0 Å². The van der Waals surface area contributed by atoms with Gasteiger partial charge in [-0.2, -0.15) is 5.26 Å². The first-order chi connectivity index (χ1) is 6.07. The van der Waals surface area contributed by atoms with Gasteiger partial charge >= 0.3 is 0 Å². The van der Waals surface area contributed by atoms with Gasteiger partial charge in [-0.1, -0.05) is 13.8 Å². The van der Waals surface area contributed by atoms with Gasteiger partial charge in [0.2, 0.25) is 0 Å². The van der Waals surface area contributed by atoms with Crippen molar-refractivity contribution in [2.45, 2.75) is 19.8 Å². The number of primary amides is 1. The number of H-pyrrole nitrogens is 1. The lowest BCUT2D eigenvalue weighted by molar-refractivity contribution is 0.0996. The van der Waals surface area contributed by atoms with E-state index in [-0.39, 0.29) is 11.6 Å². The summed E-state index contributed by atoms with van der Waals surface area (Å²) >= 11 is 0. The maximum Gasteiger partial charge on any atom is 0.266 e. The van der Waals surface area contributed by atoms with Gasteiger partial charge in [0.05, 0.1) is 5.56 Å². The summed E-state index contributed by atoms with van der Waals surface area (Å²) in [5.74, 6) is -0.387. The van der Waals surface area contributed by atoms with Gasteiger partial charge in [-0.3, -0.25) is 4.79 Å². The molecule has 0 spiro atoms. The van der Waals surface area contributed by atoms with Crippen LogP contribution >= 0.6 is 0 Å². The van der Waals surface area contributed by atoms with E-state index in [0.29, 0.717) is 5.56 Å². The van der Waals surface area contributed by atoms with E-state index in [4.69, 9.17) is 11.0 Å². The summed E-state index contributed by atoms with van der Waals surface area (Å²) in [5, 5.41) is 8.81. The van der Waals surface area contributed by atoms with Gasteiger partial charge in [-0.05, 0) is 11.5 Å². The van der Waals surface area contributed by atoms with Crippen molar-refractivity contribution < 1.29 is 4.79 Å². The molecule has 4 nitrogen and oxygen atoms in total. The molecule has 1 aromatic rings. The molecule has 0 aromatic carbocycles. The summed E-state index contributed by atoms with van der Waals surface area (Å²) in [6.45, 7) is 3.91. The predicted octanol–water partition coefficient (Wildman–Crippen LogP) is 1.11. The molecule has 0 saturated heterocycles. The van der Waals surface area contributed by atoms with Crippen molar-refractivity contribution in [3.63, 3.8) is 0 Å². The molecule has 0 saturated carbocycles. The Bertz CT molecular complexity index is 371. The minimum Gasteiger partial charge on any atom is -0.364 e. The van der Waals surface area contributed by atoms with Crippen molar-refractivity contribution in [2.75, 3.05) is 0 Å². The van der Waals surface area contributed by atoms with Crippen LogP contribution in [0.1, 0.15) is 41.4 Å². The Labute approximate surface area is 76.4 Å². The first kappa shape index (κ1) is 9.33. The molecule has 1 aromatic heterocycles. The number of nitrogens with two attached hydrogens (primary N) is 1. The average molecular weight is 177 g/mol. The fraction of sp³-hybridized carbons (Fsp3) is 0.333. The zero-order valence-corrected chi connectivity index (χ0v) is 7.59. The number of nitrogens with one attached hydrogen (secondary N) is 1. The second kappa shape index (κ2) is 3.31. The molecule has 0 atom stereocenters. The number of amides is 1. The third-order valence-electron chi connectivity index (χ3n) is 1.89. The number of nitrogens with zero attached hydrogens (tertiary/aromatic N) is 1. The number of nitriles is 1. The fourth-order valence-corrected chi connectivity index (χ4v) is 1.21. The van der Waals surface area contributed by atoms with Crippen LogP contribution in [-0.2, 0) is 0 Å². The van der Waals surface area contributed by atoms with Crippen LogP contribution in [0.15, 0.2) is 6.20 Å². The SMILES string of the molecule is CC(C)c1c[nH]c(C(N)=O)c1C#N. The van der Waals surface area contributed by atoms with Gasteiger partial charge in [-0.25, -0.2) is 0 Å². The maximum absolute atomic E-state index is 10.9. The largest absolute Gasteiger partial charge is 0.364 e. The predicted molar refractivity (Wildman–Crippen MR) is 48.1 cm³/mol. The zero-order chi connectivity index (χ0) is 10.0. The zero-order valence-electron chi connectivity index (χ0n) is 7.59. The number of aromatic amines is 1. The number of carbonyl (C=O) groups is 1. The van der Waals surface area contributed by atoms with Crippen LogP contribution in [0.3, 0.4) is 0 Å². The quantitative estimate of drug-likeness (QED) is 0.709. The highest BCUT2D eigenvalue weighted by Crippen LogP contribution is 2.21. The molecule has 0 fully saturated rings. The van der Waals surface area contributed by atoms with Crippen LogP contribution in [0.25, 0.3) is 0 Å². The lowest BCUT2D eigenvalue weighted by Crippen LogP contribution is -2.13. The minimum atomic E-state index is -0.594. The first-order valence-corrected chi connectivity index (χ1v) is 3.99. The second-order valence-corrected chi connectivity index (χ2v) is 3.12. The van der Waals surface area contributed by atoms with Crippen molar-refractivity contribution in [1.29, 1.82) is 5.26 Å². The third kappa shape index (κ3) is 1.54. The van der Waals surface area contributed by atoms with E-state index in [1.54, 1.807) is 6.20 Å². The number of carbonyl (C=O) groups excluding carboxylic acids is 1. The summed E-state index contributed by atoms with van der Waals surface area (Å²) in [6, 6.07) is 1.97. The molecule has 1 heterocycles. The summed E-state index contributed by atoms with van der Waals surface area (Å²) in [7, 11) is 0. The Hall–Kier alpha value is -1.76. The van der Waals surface area contributed by atoms with E-state index in [0.717, 1.165) is 5.56 Å². The maximum atomic E-state index is 10.9. The topological polar surface area (TPSA) is 82.7 Å². The van der Waals surface area contributed by atoms with Gasteiger partial charge in [0.15, 0.2) is 0 Å². The molecular formula is C9H11N3O. The van der Waals surface area contributed by atoms with Crippen LogP contribution in [0, 0.1) is 11.3 Å². The smallest absolute Gasteiger partial charge is 0.266 e. The number of rotatable bonds is 2. The molecule has 0 aliphatic rings. The van der Waals surface area contributed by atoms with Crippen LogP contribution < -0.4 is 5.73 Å². The van der Waals surface area contributed by atoms with Gasteiger partial charge in [0, 0.05) is 6.20 Å². The Balaban J connectivity index is 3.29. The van der Waals surface area contributed by atoms with E-state index in [1.165, 1.54) is 0 Å². The lowest BCUT2D eigenvalue weighted by atomic mass is 10.0. The number of aromatic nitrogens is 1. The van der Waals surface area contributed by atoms with Crippen LogP contribution in [0.4, 0.5) is 0 Å². The van der Waals surface area contributed by atoms with Gasteiger partial charge in [0.1, 0.15) is 11.8 Å².